The second kappa shape index (κ2) is 3.75. The van der Waals surface area contributed by atoms with Crippen LogP contribution < -0.4 is 0 Å². The zero-order valence-electron chi connectivity index (χ0n) is 9.22. The van der Waals surface area contributed by atoms with E-state index in [2.05, 4.69) is 60.7 Å². The van der Waals surface area contributed by atoms with Gasteiger partial charge in [-0.1, -0.05) is 60.7 Å². The van der Waals surface area contributed by atoms with Crippen molar-refractivity contribution in [1.82, 2.24) is 0 Å². The van der Waals surface area contributed by atoms with Crippen molar-refractivity contribution < 1.29 is 0 Å². The Morgan fingerprint density at radius 3 is 1.00 bits per heavy atom. The van der Waals surface area contributed by atoms with Crippen molar-refractivity contribution in [2.24, 2.45) is 0 Å². The van der Waals surface area contributed by atoms with Crippen LogP contribution in [-0.4, -0.2) is 18.0 Å². The number of hydrogen-bond donors (Lipinski definition) is 0. The number of benzene rings is 4. The van der Waals surface area contributed by atoms with Crippen molar-refractivity contribution in [2.45, 2.75) is 0 Å². The van der Waals surface area contributed by atoms with E-state index in [-0.39, 0.29) is 18.0 Å². The molecule has 4 aromatic rings. The van der Waals surface area contributed by atoms with Crippen LogP contribution in [-0.2, 0) is 0 Å². The average molecular weight is 277 g/mol. The second-order valence-corrected chi connectivity index (χ2v) is 4.29. The first-order valence-electron chi connectivity index (χ1n) is 5.56. The van der Waals surface area contributed by atoms with Gasteiger partial charge in [0.2, 0.25) is 0 Å². The van der Waals surface area contributed by atoms with Gasteiger partial charge in [0, 0.05) is 18.0 Å². The van der Waals surface area contributed by atoms with Crippen molar-refractivity contribution in [3.8, 4) is 0 Å². The zero-order chi connectivity index (χ0) is 10.5. The molecule has 4 rings (SSSR count). The minimum absolute atomic E-state index is 0. The maximum atomic E-state index is 2.21. The van der Waals surface area contributed by atoms with Crippen LogP contribution in [0.25, 0.3) is 32.3 Å². The van der Waals surface area contributed by atoms with Crippen molar-refractivity contribution in [2.75, 3.05) is 0 Å². The third-order valence-electron chi connectivity index (χ3n) is 3.39. The summed E-state index contributed by atoms with van der Waals surface area (Å²) in [6, 6.07) is 21.9. The maximum Gasteiger partial charge on any atom is 0 e. The van der Waals surface area contributed by atoms with E-state index in [4.69, 9.17) is 0 Å². The molecule has 0 nitrogen and oxygen atoms in total. The molecule has 0 heterocycles. The Morgan fingerprint density at radius 2 is 0.706 bits per heavy atom. The van der Waals surface area contributed by atoms with E-state index in [1.54, 1.807) is 0 Å². The third kappa shape index (κ3) is 1.38. The Hall–Kier alpha value is -1.52. The summed E-state index contributed by atoms with van der Waals surface area (Å²) in [6.07, 6.45) is 0. The summed E-state index contributed by atoms with van der Waals surface area (Å²) in [5.74, 6) is 0. The van der Waals surface area contributed by atoms with E-state index in [0.717, 1.165) is 0 Å². The average Bonchev–Trinajstić information content (AvgIpc) is 2.36. The molecule has 0 N–H and O–H groups in total. The number of hydrogen-bond acceptors (Lipinski definition) is 0. The fourth-order valence-electron chi connectivity index (χ4n) is 2.67. The molecule has 0 bridgehead atoms. The molecular formula is C16H10As. The standard InChI is InChI=1S/C16H10.As/c1-3-11-7-9-13-5-2-6-14-10-8-12(4-1)15(11)16(13)14;/h1-10H;. The van der Waals surface area contributed by atoms with Gasteiger partial charge in [-0.3, -0.25) is 0 Å². The molecule has 0 spiro atoms. The summed E-state index contributed by atoms with van der Waals surface area (Å²) in [5, 5.41) is 8.14. The van der Waals surface area contributed by atoms with Crippen molar-refractivity contribution in [3.63, 3.8) is 0 Å². The van der Waals surface area contributed by atoms with E-state index in [0.29, 0.717) is 0 Å². The van der Waals surface area contributed by atoms with Gasteiger partial charge in [0.25, 0.3) is 0 Å². The van der Waals surface area contributed by atoms with Gasteiger partial charge >= 0.3 is 0 Å². The SMILES string of the molecule is [As].c1cc2ccc3cccc4ccc(c1)c2c34. The fourth-order valence-corrected chi connectivity index (χ4v) is 2.67. The molecule has 1 heteroatoms. The molecule has 0 aliphatic carbocycles. The van der Waals surface area contributed by atoms with Crippen molar-refractivity contribution in [3.05, 3.63) is 60.7 Å². The molecule has 3 radical (unpaired) electrons. The van der Waals surface area contributed by atoms with Crippen molar-refractivity contribution in [1.29, 1.82) is 0 Å². The first-order chi connectivity index (χ1) is 7.93. The topological polar surface area (TPSA) is 0 Å². The van der Waals surface area contributed by atoms with E-state index in [9.17, 15) is 0 Å². The normalized spacial score (nSPS) is 11.1. The van der Waals surface area contributed by atoms with Gasteiger partial charge in [-0.15, -0.1) is 0 Å². The summed E-state index contributed by atoms with van der Waals surface area (Å²) < 4.78 is 0. The van der Waals surface area contributed by atoms with Gasteiger partial charge in [0.15, 0.2) is 0 Å². The number of rotatable bonds is 0. The predicted octanol–water partition coefficient (Wildman–Crippen LogP) is 4.20. The molecule has 0 fully saturated rings. The maximum absolute atomic E-state index is 2.21. The molecule has 0 saturated heterocycles. The predicted molar refractivity (Wildman–Crippen MR) is 75.9 cm³/mol. The quantitative estimate of drug-likeness (QED) is 0.334. The molecule has 0 aromatic heterocycles. The summed E-state index contributed by atoms with van der Waals surface area (Å²) >= 11 is 0. The van der Waals surface area contributed by atoms with E-state index in [1.165, 1.54) is 32.3 Å². The Bertz CT molecular complexity index is 672. The molecule has 4 aromatic carbocycles. The van der Waals surface area contributed by atoms with Crippen LogP contribution >= 0.6 is 0 Å². The molecule has 0 unspecified atom stereocenters. The molecule has 0 aliphatic rings. The summed E-state index contributed by atoms with van der Waals surface area (Å²) in [5.41, 5.74) is 0. The van der Waals surface area contributed by atoms with Crippen LogP contribution in [0.3, 0.4) is 0 Å². The Balaban J connectivity index is 0.000000902. The van der Waals surface area contributed by atoms with Crippen LogP contribution in [0.5, 0.6) is 0 Å². The molecule has 79 valence electrons. The van der Waals surface area contributed by atoms with Gasteiger partial charge in [0.1, 0.15) is 0 Å². The van der Waals surface area contributed by atoms with Crippen LogP contribution in [0.4, 0.5) is 0 Å². The van der Waals surface area contributed by atoms with E-state index in [1.807, 2.05) is 0 Å². The largest absolute Gasteiger partial charge is 0.0610 e. The summed E-state index contributed by atoms with van der Waals surface area (Å²) in [6.45, 7) is 0. The fraction of sp³-hybridized carbons (Fsp3) is 0. The summed E-state index contributed by atoms with van der Waals surface area (Å²) in [7, 11) is 0. The van der Waals surface area contributed by atoms with E-state index >= 15 is 0 Å². The van der Waals surface area contributed by atoms with Crippen LogP contribution in [0.1, 0.15) is 0 Å². The minimum atomic E-state index is 0. The molecule has 0 amide bonds. The molecule has 17 heavy (non-hydrogen) atoms. The van der Waals surface area contributed by atoms with Gasteiger partial charge < -0.3 is 0 Å². The monoisotopic (exact) mass is 277 g/mol. The molecule has 0 aliphatic heterocycles. The van der Waals surface area contributed by atoms with E-state index < -0.39 is 0 Å². The molecular weight excluding hydrogens is 267 g/mol. The summed E-state index contributed by atoms with van der Waals surface area (Å²) in [4.78, 5) is 0. The Kier molecular flexibility index (Phi) is 2.34. The van der Waals surface area contributed by atoms with Crippen molar-refractivity contribution >= 4 is 50.3 Å². The first-order valence-corrected chi connectivity index (χ1v) is 5.56. The third-order valence-corrected chi connectivity index (χ3v) is 3.39. The Morgan fingerprint density at radius 1 is 0.412 bits per heavy atom. The first kappa shape index (κ1) is 10.6. The van der Waals surface area contributed by atoms with Gasteiger partial charge in [-0.25, -0.2) is 0 Å². The Labute approximate surface area is 111 Å². The molecule has 0 saturated carbocycles. The second-order valence-electron chi connectivity index (χ2n) is 4.29. The smallest absolute Gasteiger partial charge is 0 e. The van der Waals surface area contributed by atoms with Crippen LogP contribution in [0, 0.1) is 0 Å². The zero-order valence-corrected chi connectivity index (χ0v) is 11.1. The van der Waals surface area contributed by atoms with Crippen LogP contribution in [0.2, 0.25) is 0 Å². The minimum Gasteiger partial charge on any atom is -0.0610 e. The molecule has 0 atom stereocenters. The van der Waals surface area contributed by atoms with Gasteiger partial charge in [0.05, 0.1) is 0 Å². The van der Waals surface area contributed by atoms with Gasteiger partial charge in [-0.05, 0) is 32.3 Å². The van der Waals surface area contributed by atoms with Gasteiger partial charge in [-0.2, -0.15) is 0 Å². The van der Waals surface area contributed by atoms with Crippen LogP contribution in [0.15, 0.2) is 60.7 Å².